The summed E-state index contributed by atoms with van der Waals surface area (Å²) in [7, 11) is 0. The third-order valence-electron chi connectivity index (χ3n) is 2.46. The van der Waals surface area contributed by atoms with Crippen LogP contribution in [-0.4, -0.2) is 0 Å². The Morgan fingerprint density at radius 3 is 2.13 bits per heavy atom. The summed E-state index contributed by atoms with van der Waals surface area (Å²) < 4.78 is 2.32. The van der Waals surface area contributed by atoms with E-state index in [0.29, 0.717) is 0 Å². The zero-order valence-corrected chi connectivity index (χ0v) is 12.3. The Hall–Kier alpha value is -0.120. The minimum absolute atomic E-state index is 0. The average Bonchev–Trinajstić information content (AvgIpc) is 2.11. The van der Waals surface area contributed by atoms with Crippen molar-refractivity contribution in [1.29, 1.82) is 0 Å². The van der Waals surface area contributed by atoms with Crippen LogP contribution < -0.4 is 28.5 Å². The van der Waals surface area contributed by atoms with Crippen LogP contribution in [0.25, 0.3) is 0 Å². The second kappa shape index (κ2) is 8.08. The van der Waals surface area contributed by atoms with E-state index in [2.05, 4.69) is 43.8 Å². The zero-order chi connectivity index (χ0) is 10.4. The summed E-state index contributed by atoms with van der Waals surface area (Å²) in [6.45, 7) is 7.75. The molecular weight excluding hydrogens is 297 g/mol. The summed E-state index contributed by atoms with van der Waals surface area (Å²) in [4.78, 5) is 0. The molecule has 0 aliphatic carbocycles. The van der Waals surface area contributed by atoms with Gasteiger partial charge in [-0.05, 0) is 26.3 Å². The predicted octanol–water partition coefficient (Wildman–Crippen LogP) is 0.175. The molecule has 1 aromatic heterocycles. The standard InChI is InChI=1S/C13H22N.HI/c1-4-5-6-7-8-14-10-12(2)9-13(3)11-14;/h9-11H,4-8H2,1-3H3;1H/q+1;/p-1. The molecule has 0 aliphatic rings. The maximum Gasteiger partial charge on any atom is 0.171 e. The molecule has 0 radical (unpaired) electrons. The summed E-state index contributed by atoms with van der Waals surface area (Å²) in [5, 5.41) is 0. The van der Waals surface area contributed by atoms with Crippen LogP contribution in [0.2, 0.25) is 0 Å². The lowest BCUT2D eigenvalue weighted by Gasteiger charge is -1.99. The van der Waals surface area contributed by atoms with Gasteiger partial charge in [-0.2, -0.15) is 0 Å². The van der Waals surface area contributed by atoms with Crippen molar-refractivity contribution in [1.82, 2.24) is 0 Å². The quantitative estimate of drug-likeness (QED) is 0.414. The molecule has 0 saturated carbocycles. The summed E-state index contributed by atoms with van der Waals surface area (Å²) in [5.74, 6) is 0. The minimum atomic E-state index is 0. The van der Waals surface area contributed by atoms with Gasteiger partial charge >= 0.3 is 0 Å². The molecule has 0 aromatic carbocycles. The molecule has 0 N–H and O–H groups in total. The molecule has 0 aliphatic heterocycles. The molecule has 0 spiro atoms. The van der Waals surface area contributed by atoms with Crippen molar-refractivity contribution in [3.8, 4) is 0 Å². The number of hydrogen-bond acceptors (Lipinski definition) is 0. The maximum atomic E-state index is 2.32. The van der Waals surface area contributed by atoms with E-state index in [1.54, 1.807) is 0 Å². The van der Waals surface area contributed by atoms with Gasteiger partial charge in [0.2, 0.25) is 0 Å². The number of unbranched alkanes of at least 4 members (excludes halogenated alkanes) is 3. The van der Waals surface area contributed by atoms with Gasteiger partial charge in [0.05, 0.1) is 0 Å². The van der Waals surface area contributed by atoms with E-state index in [4.69, 9.17) is 0 Å². The van der Waals surface area contributed by atoms with Gasteiger partial charge in [0.15, 0.2) is 12.4 Å². The Labute approximate surface area is 111 Å². The Balaban J connectivity index is 0.00000196. The van der Waals surface area contributed by atoms with Crippen molar-refractivity contribution < 1.29 is 28.5 Å². The first-order valence-corrected chi connectivity index (χ1v) is 5.69. The van der Waals surface area contributed by atoms with E-state index >= 15 is 0 Å². The number of rotatable bonds is 5. The van der Waals surface area contributed by atoms with Crippen LogP contribution in [0.3, 0.4) is 0 Å². The lowest BCUT2D eigenvalue weighted by molar-refractivity contribution is -0.698. The number of pyridine rings is 1. The van der Waals surface area contributed by atoms with Crippen molar-refractivity contribution in [3.05, 3.63) is 29.6 Å². The van der Waals surface area contributed by atoms with Crippen molar-refractivity contribution >= 4 is 0 Å². The summed E-state index contributed by atoms with van der Waals surface area (Å²) in [6.07, 6.45) is 9.82. The molecule has 0 unspecified atom stereocenters. The Morgan fingerprint density at radius 1 is 1.00 bits per heavy atom. The van der Waals surface area contributed by atoms with Gasteiger partial charge < -0.3 is 24.0 Å². The van der Waals surface area contributed by atoms with Gasteiger partial charge in [0.1, 0.15) is 6.54 Å². The Kier molecular flexibility index (Phi) is 8.02. The molecule has 0 saturated heterocycles. The molecule has 86 valence electrons. The van der Waals surface area contributed by atoms with Crippen LogP contribution in [0.1, 0.15) is 43.7 Å². The topological polar surface area (TPSA) is 3.88 Å². The first kappa shape index (κ1) is 14.9. The van der Waals surface area contributed by atoms with E-state index in [9.17, 15) is 0 Å². The summed E-state index contributed by atoms with van der Waals surface area (Å²) >= 11 is 0. The molecule has 0 bridgehead atoms. The van der Waals surface area contributed by atoms with Gasteiger partial charge in [0, 0.05) is 17.5 Å². The Bertz CT molecular complexity index is 264. The van der Waals surface area contributed by atoms with Crippen LogP contribution in [0.15, 0.2) is 18.5 Å². The maximum absolute atomic E-state index is 2.32. The molecule has 1 aromatic rings. The third kappa shape index (κ3) is 6.13. The number of aromatic nitrogens is 1. The molecule has 0 fully saturated rings. The highest BCUT2D eigenvalue weighted by Crippen LogP contribution is 2.00. The van der Waals surface area contributed by atoms with Gasteiger partial charge in [-0.1, -0.05) is 19.8 Å². The molecule has 1 nitrogen and oxygen atoms in total. The zero-order valence-electron chi connectivity index (χ0n) is 10.1. The molecule has 2 heteroatoms. The highest BCUT2D eigenvalue weighted by atomic mass is 127. The molecular formula is C13H22IN. The van der Waals surface area contributed by atoms with Crippen LogP contribution in [0.4, 0.5) is 0 Å². The third-order valence-corrected chi connectivity index (χ3v) is 2.46. The smallest absolute Gasteiger partial charge is 0.171 e. The number of halogens is 1. The van der Waals surface area contributed by atoms with E-state index in [1.165, 1.54) is 43.4 Å². The normalized spacial score (nSPS) is 9.80. The Morgan fingerprint density at radius 2 is 1.60 bits per heavy atom. The van der Waals surface area contributed by atoms with E-state index in [0.717, 1.165) is 0 Å². The fourth-order valence-corrected chi connectivity index (χ4v) is 1.84. The first-order valence-electron chi connectivity index (χ1n) is 5.69. The van der Waals surface area contributed by atoms with Crippen LogP contribution in [0.5, 0.6) is 0 Å². The van der Waals surface area contributed by atoms with E-state index < -0.39 is 0 Å². The molecule has 1 heterocycles. The fraction of sp³-hybridized carbons (Fsp3) is 0.615. The molecule has 15 heavy (non-hydrogen) atoms. The molecule has 1 rings (SSSR count). The molecule has 0 atom stereocenters. The van der Waals surface area contributed by atoms with Gasteiger partial charge in [-0.3, -0.25) is 0 Å². The largest absolute Gasteiger partial charge is 1.00 e. The average molecular weight is 319 g/mol. The second-order valence-electron chi connectivity index (χ2n) is 4.19. The van der Waals surface area contributed by atoms with E-state index in [1.807, 2.05) is 0 Å². The lowest BCUT2D eigenvalue weighted by atomic mass is 10.2. The molecule has 0 amide bonds. The minimum Gasteiger partial charge on any atom is -1.00 e. The SMILES string of the molecule is CCCCCC[n+]1cc(C)cc(C)c1.[I-]. The summed E-state index contributed by atoms with van der Waals surface area (Å²) in [6, 6.07) is 2.22. The first-order chi connectivity index (χ1) is 6.72. The highest BCUT2D eigenvalue weighted by molar-refractivity contribution is 5.11. The number of aryl methyl sites for hydroxylation is 3. The monoisotopic (exact) mass is 319 g/mol. The van der Waals surface area contributed by atoms with Crippen molar-refractivity contribution in [2.75, 3.05) is 0 Å². The van der Waals surface area contributed by atoms with Crippen LogP contribution in [-0.2, 0) is 6.54 Å². The van der Waals surface area contributed by atoms with Crippen LogP contribution in [0, 0.1) is 13.8 Å². The summed E-state index contributed by atoms with van der Waals surface area (Å²) in [5.41, 5.74) is 2.72. The number of hydrogen-bond donors (Lipinski definition) is 0. The highest BCUT2D eigenvalue weighted by Gasteiger charge is 2.01. The number of nitrogens with zero attached hydrogens (tertiary/aromatic N) is 1. The van der Waals surface area contributed by atoms with Crippen molar-refractivity contribution in [2.24, 2.45) is 0 Å². The van der Waals surface area contributed by atoms with E-state index in [-0.39, 0.29) is 24.0 Å². The van der Waals surface area contributed by atoms with Gasteiger partial charge in [-0.15, -0.1) is 0 Å². The van der Waals surface area contributed by atoms with Crippen molar-refractivity contribution in [2.45, 2.75) is 53.0 Å². The van der Waals surface area contributed by atoms with Gasteiger partial charge in [0.25, 0.3) is 0 Å². The second-order valence-corrected chi connectivity index (χ2v) is 4.19. The predicted molar refractivity (Wildman–Crippen MR) is 60.3 cm³/mol. The lowest BCUT2D eigenvalue weighted by Crippen LogP contribution is -3.00. The fourth-order valence-electron chi connectivity index (χ4n) is 1.84. The van der Waals surface area contributed by atoms with Gasteiger partial charge in [-0.25, -0.2) is 4.57 Å². The van der Waals surface area contributed by atoms with Crippen LogP contribution >= 0.6 is 0 Å². The van der Waals surface area contributed by atoms with Crippen molar-refractivity contribution in [3.63, 3.8) is 0 Å².